The van der Waals surface area contributed by atoms with E-state index in [2.05, 4.69) is 206 Å². The van der Waals surface area contributed by atoms with Crippen molar-refractivity contribution < 1.29 is 4.42 Å². The highest BCUT2D eigenvalue weighted by molar-refractivity contribution is 6.06. The molecule has 60 heavy (non-hydrogen) atoms. The van der Waals surface area contributed by atoms with Crippen LogP contribution in [0, 0.1) is 0 Å². The molecule has 0 spiro atoms. The number of furan rings is 1. The van der Waals surface area contributed by atoms with Crippen LogP contribution < -0.4 is 0 Å². The molecule has 0 fully saturated rings. The third-order valence-corrected chi connectivity index (χ3v) is 12.4. The number of hydrogen-bond acceptors (Lipinski definition) is 3. The monoisotopic (exact) mass is 764 g/mol. The Labute approximate surface area is 347 Å². The second-order valence-corrected chi connectivity index (χ2v) is 15.7. The Morgan fingerprint density at radius 1 is 0.333 bits per heavy atom. The van der Waals surface area contributed by atoms with E-state index in [0.29, 0.717) is 5.82 Å². The van der Waals surface area contributed by atoms with Crippen LogP contribution in [0.1, 0.15) is 22.3 Å². The molecular weight excluding hydrogens is 729 g/mol. The molecule has 0 bridgehead atoms. The zero-order valence-electron chi connectivity index (χ0n) is 32.6. The Morgan fingerprint density at radius 3 is 1.75 bits per heavy atom. The number of rotatable bonds is 6. The first-order chi connectivity index (χ1) is 29.7. The van der Waals surface area contributed by atoms with E-state index >= 15 is 0 Å². The van der Waals surface area contributed by atoms with E-state index in [1.54, 1.807) is 0 Å². The summed E-state index contributed by atoms with van der Waals surface area (Å²) in [5, 5.41) is 4.54. The molecule has 0 atom stereocenters. The van der Waals surface area contributed by atoms with Gasteiger partial charge >= 0.3 is 0 Å². The molecule has 3 heteroatoms. The van der Waals surface area contributed by atoms with Crippen LogP contribution in [0.3, 0.4) is 0 Å². The van der Waals surface area contributed by atoms with E-state index in [9.17, 15) is 0 Å². The Kier molecular flexibility index (Phi) is 7.76. The van der Waals surface area contributed by atoms with Crippen molar-refractivity contribution in [2.75, 3.05) is 0 Å². The average molecular weight is 765 g/mol. The fraction of sp³-hybridized carbons (Fsp3) is 0.0175. The summed E-state index contributed by atoms with van der Waals surface area (Å²) in [6.07, 6.45) is 0. The molecule has 1 aliphatic rings. The number of hydrogen-bond donors (Lipinski definition) is 0. The molecule has 2 aromatic heterocycles. The molecule has 0 N–H and O–H groups in total. The molecule has 0 aliphatic heterocycles. The van der Waals surface area contributed by atoms with Crippen molar-refractivity contribution in [3.8, 4) is 56.2 Å². The number of benzene rings is 9. The van der Waals surface area contributed by atoms with E-state index in [1.165, 1.54) is 38.8 Å². The van der Waals surface area contributed by atoms with Crippen LogP contribution in [0.4, 0.5) is 0 Å². The molecule has 0 amide bonds. The summed E-state index contributed by atoms with van der Waals surface area (Å²) < 4.78 is 6.21. The van der Waals surface area contributed by atoms with Crippen molar-refractivity contribution in [2.24, 2.45) is 0 Å². The lowest BCUT2D eigenvalue weighted by Crippen LogP contribution is -2.28. The first-order valence-electron chi connectivity index (χ1n) is 20.5. The highest BCUT2D eigenvalue weighted by Crippen LogP contribution is 2.56. The summed E-state index contributed by atoms with van der Waals surface area (Å²) in [6, 6.07) is 78.1. The molecule has 0 radical (unpaired) electrons. The first kappa shape index (κ1) is 34.2. The minimum Gasteiger partial charge on any atom is -0.456 e. The molecule has 11 aromatic rings. The normalized spacial score (nSPS) is 12.8. The van der Waals surface area contributed by atoms with Crippen LogP contribution in [0.15, 0.2) is 223 Å². The molecule has 9 aromatic carbocycles. The van der Waals surface area contributed by atoms with Gasteiger partial charge in [-0.3, -0.25) is 0 Å². The highest BCUT2D eigenvalue weighted by atomic mass is 16.3. The minimum atomic E-state index is -0.472. The summed E-state index contributed by atoms with van der Waals surface area (Å²) in [7, 11) is 0. The quantitative estimate of drug-likeness (QED) is 0.169. The number of aromatic nitrogens is 2. The van der Waals surface area contributed by atoms with Crippen molar-refractivity contribution in [2.45, 2.75) is 5.41 Å². The maximum Gasteiger partial charge on any atom is 0.160 e. The van der Waals surface area contributed by atoms with Gasteiger partial charge in [-0.1, -0.05) is 182 Å². The van der Waals surface area contributed by atoms with Gasteiger partial charge in [0.25, 0.3) is 0 Å². The van der Waals surface area contributed by atoms with Gasteiger partial charge in [-0.05, 0) is 91.7 Å². The fourth-order valence-electron chi connectivity index (χ4n) is 9.65. The summed E-state index contributed by atoms with van der Waals surface area (Å²) >= 11 is 0. The fourth-order valence-corrected chi connectivity index (χ4v) is 9.65. The number of fused-ring (bicyclic) bond motifs is 7. The summed E-state index contributed by atoms with van der Waals surface area (Å²) in [5.41, 5.74) is 15.8. The lowest BCUT2D eigenvalue weighted by Gasteiger charge is -2.33. The van der Waals surface area contributed by atoms with Crippen molar-refractivity contribution in [3.05, 3.63) is 241 Å². The van der Waals surface area contributed by atoms with E-state index in [1.807, 2.05) is 12.1 Å². The highest BCUT2D eigenvalue weighted by Gasteiger charge is 2.46. The molecule has 3 nitrogen and oxygen atoms in total. The molecule has 0 saturated carbocycles. The average Bonchev–Trinajstić information content (AvgIpc) is 3.85. The Bertz CT molecular complexity index is 3400. The van der Waals surface area contributed by atoms with Crippen molar-refractivity contribution in [1.82, 2.24) is 9.97 Å². The second kappa shape index (κ2) is 13.6. The van der Waals surface area contributed by atoms with Crippen LogP contribution in [-0.2, 0) is 5.41 Å². The van der Waals surface area contributed by atoms with E-state index in [0.717, 1.165) is 66.5 Å². The van der Waals surface area contributed by atoms with Gasteiger partial charge in [-0.2, -0.15) is 0 Å². The number of para-hydroxylation sites is 1. The van der Waals surface area contributed by atoms with Gasteiger partial charge in [0, 0.05) is 27.5 Å². The molecule has 1 aliphatic carbocycles. The lowest BCUT2D eigenvalue weighted by molar-refractivity contribution is 0.669. The molecular formula is C57H36N2O. The van der Waals surface area contributed by atoms with Crippen molar-refractivity contribution >= 4 is 32.7 Å². The third kappa shape index (κ3) is 5.30. The number of nitrogens with zero attached hydrogens (tertiary/aromatic N) is 2. The molecule has 0 saturated heterocycles. The predicted octanol–water partition coefficient (Wildman–Crippen LogP) is 14.6. The maximum absolute atomic E-state index is 6.21. The van der Waals surface area contributed by atoms with E-state index in [-0.39, 0.29) is 0 Å². The van der Waals surface area contributed by atoms with Crippen LogP contribution in [0.5, 0.6) is 0 Å². The van der Waals surface area contributed by atoms with Gasteiger partial charge in [-0.15, -0.1) is 0 Å². The summed E-state index contributed by atoms with van der Waals surface area (Å²) in [4.78, 5) is 10.8. The van der Waals surface area contributed by atoms with Crippen LogP contribution in [0.25, 0.3) is 88.9 Å². The minimum absolute atomic E-state index is 0.472. The van der Waals surface area contributed by atoms with Crippen molar-refractivity contribution in [1.29, 1.82) is 0 Å². The zero-order chi connectivity index (χ0) is 39.6. The zero-order valence-corrected chi connectivity index (χ0v) is 32.6. The van der Waals surface area contributed by atoms with Gasteiger partial charge in [0.15, 0.2) is 5.82 Å². The first-order valence-corrected chi connectivity index (χ1v) is 20.5. The van der Waals surface area contributed by atoms with Crippen LogP contribution >= 0.6 is 0 Å². The van der Waals surface area contributed by atoms with E-state index < -0.39 is 5.41 Å². The smallest absolute Gasteiger partial charge is 0.160 e. The molecule has 280 valence electrons. The Hall–Kier alpha value is -7.88. The predicted molar refractivity (Wildman–Crippen MR) is 246 cm³/mol. The largest absolute Gasteiger partial charge is 0.456 e. The Morgan fingerprint density at radius 2 is 0.933 bits per heavy atom. The maximum atomic E-state index is 6.21. The molecule has 2 heterocycles. The Balaban J connectivity index is 1.07. The standard InChI is InChI=1S/C57H36N2O/c1-3-17-42(18-4-1)57(43-19-5-2-6-20-43)50-25-13-11-22-45(50)48-35-40(29-31-51(48)57)52-36-53(59-56(58-52)41-28-27-37-15-7-8-16-38(37)33-41)46-23-10-9-21-44(46)39-30-32-55-49(34-39)47-24-12-14-26-54(47)60-55/h1-36H. The van der Waals surface area contributed by atoms with E-state index in [4.69, 9.17) is 14.4 Å². The molecule has 0 unspecified atom stereocenters. The van der Waals surface area contributed by atoms with Crippen molar-refractivity contribution in [3.63, 3.8) is 0 Å². The molecule has 12 rings (SSSR count). The van der Waals surface area contributed by atoms with Crippen LogP contribution in [-0.4, -0.2) is 9.97 Å². The van der Waals surface area contributed by atoms with Gasteiger partial charge in [-0.25, -0.2) is 9.97 Å². The topological polar surface area (TPSA) is 38.9 Å². The SMILES string of the molecule is c1ccc(C2(c3ccccc3)c3ccccc3-c3cc(-c4cc(-c5ccccc5-c5ccc6oc7ccccc7c6c5)nc(-c5ccc6ccccc6c5)n4)ccc32)cc1. The van der Waals surface area contributed by atoms with Gasteiger partial charge in [0.05, 0.1) is 16.8 Å². The van der Waals surface area contributed by atoms with Gasteiger partial charge < -0.3 is 4.42 Å². The second-order valence-electron chi connectivity index (χ2n) is 15.7. The van der Waals surface area contributed by atoms with Gasteiger partial charge in [0.2, 0.25) is 0 Å². The van der Waals surface area contributed by atoms with Crippen LogP contribution in [0.2, 0.25) is 0 Å². The summed E-state index contributed by atoms with van der Waals surface area (Å²) in [6.45, 7) is 0. The third-order valence-electron chi connectivity index (χ3n) is 12.4. The lowest BCUT2D eigenvalue weighted by atomic mass is 9.67. The summed E-state index contributed by atoms with van der Waals surface area (Å²) in [5.74, 6) is 0.683. The van der Waals surface area contributed by atoms with Gasteiger partial charge in [0.1, 0.15) is 11.2 Å².